The van der Waals surface area contributed by atoms with Crippen molar-refractivity contribution in [1.29, 1.82) is 0 Å². The first-order chi connectivity index (χ1) is 15.1. The van der Waals surface area contributed by atoms with E-state index < -0.39 is 0 Å². The van der Waals surface area contributed by atoms with Crippen molar-refractivity contribution in [1.82, 2.24) is 0 Å². The number of carbonyl (C=O) groups is 1. The number of hydrogen-bond donors (Lipinski definition) is 0. The molecule has 0 spiro atoms. The molecule has 3 aromatic carbocycles. The molecule has 1 heterocycles. The quantitative estimate of drug-likeness (QED) is 0.416. The number of halogens is 1. The Kier molecular flexibility index (Phi) is 5.62. The van der Waals surface area contributed by atoms with Crippen LogP contribution in [-0.2, 0) is 4.79 Å². The first kappa shape index (κ1) is 20.5. The van der Waals surface area contributed by atoms with Crippen LogP contribution in [0.3, 0.4) is 0 Å². The molecule has 1 atom stereocenters. The van der Waals surface area contributed by atoms with Crippen molar-refractivity contribution in [3.63, 3.8) is 0 Å². The van der Waals surface area contributed by atoms with Gasteiger partial charge in [0.1, 0.15) is 5.82 Å². The van der Waals surface area contributed by atoms with Crippen molar-refractivity contribution < 1.29 is 23.4 Å². The SMILES string of the molecule is COc1cc(N2C(=O)C(=Cc3ccccc3)C2c2ccc(F)cc2)cc(OC)c1OC. The highest BCUT2D eigenvalue weighted by Crippen LogP contribution is 2.48. The van der Waals surface area contributed by atoms with Gasteiger partial charge in [-0.3, -0.25) is 9.69 Å². The van der Waals surface area contributed by atoms with Crippen molar-refractivity contribution in [3.8, 4) is 17.2 Å². The molecule has 1 aliphatic rings. The Labute approximate surface area is 180 Å². The Hall–Kier alpha value is -3.80. The summed E-state index contributed by atoms with van der Waals surface area (Å²) in [6.45, 7) is 0. The minimum atomic E-state index is -0.379. The fraction of sp³-hybridized carbons (Fsp3) is 0.160. The van der Waals surface area contributed by atoms with Crippen molar-refractivity contribution in [2.24, 2.45) is 0 Å². The lowest BCUT2D eigenvalue weighted by Crippen LogP contribution is -2.49. The molecule has 5 nitrogen and oxygen atoms in total. The molecule has 0 aromatic heterocycles. The van der Waals surface area contributed by atoms with Gasteiger partial charge in [0.2, 0.25) is 5.75 Å². The first-order valence-electron chi connectivity index (χ1n) is 9.73. The number of amides is 1. The van der Waals surface area contributed by atoms with Crippen molar-refractivity contribution in [2.45, 2.75) is 6.04 Å². The minimum absolute atomic E-state index is 0.146. The Morgan fingerprint density at radius 1 is 0.871 bits per heavy atom. The molecule has 0 radical (unpaired) electrons. The van der Waals surface area contributed by atoms with E-state index in [1.165, 1.54) is 33.5 Å². The number of β-lactam (4-membered cyclic amide) rings is 1. The van der Waals surface area contributed by atoms with E-state index >= 15 is 0 Å². The Balaban J connectivity index is 1.82. The van der Waals surface area contributed by atoms with E-state index in [9.17, 15) is 9.18 Å². The molecule has 1 amide bonds. The Morgan fingerprint density at radius 3 is 2.03 bits per heavy atom. The number of nitrogens with zero attached hydrogens (tertiary/aromatic N) is 1. The van der Waals surface area contributed by atoms with Crippen molar-refractivity contribution in [3.05, 3.63) is 89.2 Å². The van der Waals surface area contributed by atoms with E-state index in [1.807, 2.05) is 36.4 Å². The Bertz CT molecular complexity index is 1100. The lowest BCUT2D eigenvalue weighted by atomic mass is 9.86. The van der Waals surface area contributed by atoms with Gasteiger partial charge in [-0.2, -0.15) is 0 Å². The third kappa shape index (κ3) is 3.72. The zero-order valence-electron chi connectivity index (χ0n) is 17.5. The van der Waals surface area contributed by atoms with Crippen LogP contribution in [0.5, 0.6) is 17.2 Å². The van der Waals surface area contributed by atoms with Crippen molar-refractivity contribution >= 4 is 17.7 Å². The van der Waals surface area contributed by atoms with Gasteiger partial charge in [0, 0.05) is 17.7 Å². The lowest BCUT2D eigenvalue weighted by molar-refractivity contribution is -0.118. The van der Waals surface area contributed by atoms with Gasteiger partial charge in [-0.25, -0.2) is 4.39 Å². The van der Waals surface area contributed by atoms with Crippen LogP contribution < -0.4 is 19.1 Å². The second kappa shape index (κ2) is 8.52. The van der Waals surface area contributed by atoms with E-state index in [4.69, 9.17) is 14.2 Å². The molecule has 3 aromatic rings. The zero-order valence-corrected chi connectivity index (χ0v) is 17.5. The highest BCUT2D eigenvalue weighted by molar-refractivity contribution is 6.18. The molecule has 1 saturated heterocycles. The third-order valence-corrected chi connectivity index (χ3v) is 5.25. The summed E-state index contributed by atoms with van der Waals surface area (Å²) < 4.78 is 29.8. The fourth-order valence-electron chi connectivity index (χ4n) is 3.76. The summed E-state index contributed by atoms with van der Waals surface area (Å²) in [6, 6.07) is 18.9. The van der Waals surface area contributed by atoms with Crippen molar-refractivity contribution in [2.75, 3.05) is 26.2 Å². The van der Waals surface area contributed by atoms with Crippen LogP contribution in [0.25, 0.3) is 6.08 Å². The van der Waals surface area contributed by atoms with E-state index in [1.54, 1.807) is 29.2 Å². The van der Waals surface area contributed by atoms with Crippen LogP contribution in [0.1, 0.15) is 17.2 Å². The van der Waals surface area contributed by atoms with Gasteiger partial charge >= 0.3 is 0 Å². The summed E-state index contributed by atoms with van der Waals surface area (Å²) in [6.07, 6.45) is 1.87. The molecule has 0 bridgehead atoms. The zero-order chi connectivity index (χ0) is 22.0. The molecule has 1 fully saturated rings. The topological polar surface area (TPSA) is 48.0 Å². The van der Waals surface area contributed by atoms with E-state index in [0.717, 1.165) is 11.1 Å². The van der Waals surface area contributed by atoms with Gasteiger partial charge in [-0.05, 0) is 29.3 Å². The molecular formula is C25H22FNO4. The predicted molar refractivity (Wildman–Crippen MR) is 117 cm³/mol. The van der Waals surface area contributed by atoms with Crippen LogP contribution in [0.2, 0.25) is 0 Å². The Morgan fingerprint density at radius 2 is 1.48 bits per heavy atom. The smallest absolute Gasteiger partial charge is 0.257 e. The lowest BCUT2D eigenvalue weighted by Gasteiger charge is -2.43. The molecule has 0 saturated carbocycles. The molecule has 1 unspecified atom stereocenters. The average Bonchev–Trinajstić information content (AvgIpc) is 2.81. The molecule has 0 aliphatic carbocycles. The van der Waals surface area contributed by atoms with Crippen LogP contribution in [0.4, 0.5) is 10.1 Å². The van der Waals surface area contributed by atoms with E-state index in [-0.39, 0.29) is 17.8 Å². The normalized spacial score (nSPS) is 16.8. The number of carbonyl (C=O) groups excluding carboxylic acids is 1. The maximum absolute atomic E-state index is 13.6. The molecule has 6 heteroatoms. The molecule has 0 N–H and O–H groups in total. The van der Waals surface area contributed by atoms with E-state index in [0.29, 0.717) is 28.5 Å². The summed E-state index contributed by atoms with van der Waals surface area (Å²) in [5.74, 6) is 0.862. The second-order valence-electron chi connectivity index (χ2n) is 7.02. The van der Waals surface area contributed by atoms with Crippen LogP contribution in [0.15, 0.2) is 72.3 Å². The van der Waals surface area contributed by atoms with Gasteiger partial charge in [-0.15, -0.1) is 0 Å². The fourth-order valence-corrected chi connectivity index (χ4v) is 3.76. The van der Waals surface area contributed by atoms with Gasteiger partial charge in [0.25, 0.3) is 5.91 Å². The number of ether oxygens (including phenoxy) is 3. The molecule has 31 heavy (non-hydrogen) atoms. The molecule has 4 rings (SSSR count). The van der Waals surface area contributed by atoms with Crippen LogP contribution in [0, 0.1) is 5.82 Å². The van der Waals surface area contributed by atoms with Gasteiger partial charge < -0.3 is 14.2 Å². The number of rotatable bonds is 6. The predicted octanol–water partition coefficient (Wildman–Crippen LogP) is 5.02. The average molecular weight is 419 g/mol. The van der Waals surface area contributed by atoms with Gasteiger partial charge in [0.05, 0.1) is 33.1 Å². The monoisotopic (exact) mass is 419 g/mol. The summed E-state index contributed by atoms with van der Waals surface area (Å²) in [4.78, 5) is 14.9. The van der Waals surface area contributed by atoms with Crippen LogP contribution >= 0.6 is 0 Å². The summed E-state index contributed by atoms with van der Waals surface area (Å²) in [5.41, 5.74) is 2.94. The number of hydrogen-bond acceptors (Lipinski definition) is 4. The second-order valence-corrected chi connectivity index (χ2v) is 7.02. The van der Waals surface area contributed by atoms with Gasteiger partial charge in [0.15, 0.2) is 11.5 Å². The minimum Gasteiger partial charge on any atom is -0.493 e. The number of benzene rings is 3. The summed E-state index contributed by atoms with van der Waals surface area (Å²) in [5, 5.41) is 0. The first-order valence-corrected chi connectivity index (χ1v) is 9.73. The largest absolute Gasteiger partial charge is 0.493 e. The standard InChI is InChI=1S/C25H22FNO4/c1-29-21-14-19(15-22(30-2)24(21)31-3)27-23(17-9-11-18(26)12-10-17)20(25(27)28)13-16-7-5-4-6-8-16/h4-15,23H,1-3H3. The maximum Gasteiger partial charge on any atom is 0.257 e. The summed E-state index contributed by atoms with van der Waals surface area (Å²) in [7, 11) is 4.57. The number of anilines is 1. The highest BCUT2D eigenvalue weighted by atomic mass is 19.1. The molecule has 1 aliphatic heterocycles. The molecule has 158 valence electrons. The van der Waals surface area contributed by atoms with E-state index in [2.05, 4.69) is 0 Å². The molecular weight excluding hydrogens is 397 g/mol. The summed E-state index contributed by atoms with van der Waals surface area (Å²) >= 11 is 0. The third-order valence-electron chi connectivity index (χ3n) is 5.25. The van der Waals surface area contributed by atoms with Crippen LogP contribution in [-0.4, -0.2) is 27.2 Å². The number of methoxy groups -OCH3 is 3. The maximum atomic E-state index is 13.6. The van der Waals surface area contributed by atoms with Gasteiger partial charge in [-0.1, -0.05) is 42.5 Å². The highest BCUT2D eigenvalue weighted by Gasteiger charge is 2.44.